The lowest BCUT2D eigenvalue weighted by Crippen LogP contribution is -2.24. The van der Waals surface area contributed by atoms with Crippen LogP contribution in [0.2, 0.25) is 0 Å². The summed E-state index contributed by atoms with van der Waals surface area (Å²) in [5.41, 5.74) is 8.26. The van der Waals surface area contributed by atoms with Gasteiger partial charge in [-0.1, -0.05) is 5.11 Å². The number of thiazole rings is 2. The summed E-state index contributed by atoms with van der Waals surface area (Å²) in [5.74, 6) is 0. The summed E-state index contributed by atoms with van der Waals surface area (Å²) in [6.45, 7) is 0.957. The molecular weight excluding hydrogens is 374 g/mol. The van der Waals surface area contributed by atoms with Gasteiger partial charge in [-0.25, -0.2) is 9.97 Å². The zero-order chi connectivity index (χ0) is 18.2. The molecule has 2 aromatic heterocycles. The van der Waals surface area contributed by atoms with Gasteiger partial charge >= 0.3 is 0 Å². The molecule has 0 aliphatic carbocycles. The van der Waals surface area contributed by atoms with Crippen LogP contribution in [-0.4, -0.2) is 40.4 Å². The van der Waals surface area contributed by atoms with Crippen LogP contribution in [0.25, 0.3) is 10.4 Å². The molecule has 26 heavy (non-hydrogen) atoms. The van der Waals surface area contributed by atoms with E-state index in [0.717, 1.165) is 35.7 Å². The van der Waals surface area contributed by atoms with Crippen molar-refractivity contribution < 1.29 is 14.6 Å². The van der Waals surface area contributed by atoms with Crippen molar-refractivity contribution in [1.82, 2.24) is 9.97 Å². The van der Waals surface area contributed by atoms with Crippen molar-refractivity contribution in [3.63, 3.8) is 0 Å². The molecule has 0 radical (unpaired) electrons. The van der Waals surface area contributed by atoms with E-state index in [1.165, 1.54) is 0 Å². The Hall–Kier alpha value is -1.55. The largest absolute Gasteiger partial charge is 0.391 e. The van der Waals surface area contributed by atoms with Gasteiger partial charge in [-0.3, -0.25) is 0 Å². The van der Waals surface area contributed by atoms with E-state index in [1.54, 1.807) is 35.1 Å². The molecule has 8 nitrogen and oxygen atoms in total. The molecule has 4 heterocycles. The van der Waals surface area contributed by atoms with Gasteiger partial charge in [0.25, 0.3) is 0 Å². The molecule has 140 valence electrons. The van der Waals surface area contributed by atoms with Gasteiger partial charge in [0, 0.05) is 28.1 Å². The lowest BCUT2D eigenvalue weighted by Gasteiger charge is -2.24. The van der Waals surface area contributed by atoms with Crippen molar-refractivity contribution in [3.05, 3.63) is 43.6 Å². The first-order chi connectivity index (χ1) is 12.8. The zero-order valence-corrected chi connectivity index (χ0v) is 15.8. The average molecular weight is 396 g/mol. The van der Waals surface area contributed by atoms with Crippen LogP contribution >= 0.6 is 22.7 Å². The van der Waals surface area contributed by atoms with Crippen molar-refractivity contribution in [3.8, 4) is 0 Å². The van der Waals surface area contributed by atoms with Gasteiger partial charge in [-0.2, -0.15) is 0 Å². The number of ether oxygens (including phenoxy) is 2. The lowest BCUT2D eigenvalue weighted by molar-refractivity contribution is -0.0569. The Morgan fingerprint density at radius 1 is 1.00 bits per heavy atom. The predicted molar refractivity (Wildman–Crippen MR) is 99.0 cm³/mol. The predicted octanol–water partition coefficient (Wildman–Crippen LogP) is 4.03. The maximum Gasteiger partial charge on any atom is 0.121 e. The number of aromatic nitrogens is 2. The van der Waals surface area contributed by atoms with Gasteiger partial charge in [-0.15, -0.1) is 22.7 Å². The molecule has 0 spiro atoms. The first-order valence-corrected chi connectivity index (χ1v) is 10.3. The molecule has 2 fully saturated rings. The van der Waals surface area contributed by atoms with Crippen LogP contribution in [0.4, 0.5) is 0 Å². The third kappa shape index (κ3) is 5.47. The van der Waals surface area contributed by atoms with Crippen molar-refractivity contribution in [1.29, 1.82) is 0 Å². The molecule has 4 unspecified atom stereocenters. The topological polar surface area (TPSA) is 113 Å². The lowest BCUT2D eigenvalue weighted by atomic mass is 10.1. The van der Waals surface area contributed by atoms with Crippen molar-refractivity contribution in [2.45, 2.75) is 50.0 Å². The summed E-state index contributed by atoms with van der Waals surface area (Å²) in [4.78, 5) is 11.2. The summed E-state index contributed by atoms with van der Waals surface area (Å²) >= 11 is 3.22. The van der Waals surface area contributed by atoms with Crippen LogP contribution in [0.1, 0.15) is 47.9 Å². The van der Waals surface area contributed by atoms with Crippen molar-refractivity contribution in [2.24, 2.45) is 5.11 Å². The molecule has 2 aliphatic heterocycles. The minimum absolute atomic E-state index is 0.00351. The molecule has 0 bridgehead atoms. The summed E-state index contributed by atoms with van der Waals surface area (Å²) in [6.07, 6.45) is 6.98. The highest BCUT2D eigenvalue weighted by molar-refractivity contribution is 7.09. The summed E-state index contributed by atoms with van der Waals surface area (Å²) in [5, 5.41) is 18.8. The second-order valence-corrected chi connectivity index (χ2v) is 7.90. The van der Waals surface area contributed by atoms with Gasteiger partial charge in [0.1, 0.15) is 22.2 Å². The fourth-order valence-corrected chi connectivity index (χ4v) is 4.26. The average Bonchev–Trinajstić information content (AvgIpc) is 3.38. The maximum atomic E-state index is 9.18. The molecule has 0 aromatic carbocycles. The number of aliphatic hydroxyl groups is 1. The minimum atomic E-state index is -0.277. The molecule has 0 amide bonds. The Morgan fingerprint density at radius 3 is 2.04 bits per heavy atom. The Morgan fingerprint density at radius 2 is 1.62 bits per heavy atom. The molecule has 2 aliphatic rings. The van der Waals surface area contributed by atoms with Crippen LogP contribution in [0.3, 0.4) is 0 Å². The van der Waals surface area contributed by atoms with Crippen LogP contribution in [0.15, 0.2) is 28.3 Å². The fraction of sp³-hybridized carbons (Fsp3) is 0.625. The van der Waals surface area contributed by atoms with Gasteiger partial charge in [0.05, 0.1) is 25.4 Å². The van der Waals surface area contributed by atoms with Crippen LogP contribution in [-0.2, 0) is 9.47 Å². The Kier molecular flexibility index (Phi) is 7.36. The monoisotopic (exact) mass is 395 g/mol. The highest BCUT2D eigenvalue weighted by Crippen LogP contribution is 2.30. The Bertz CT molecular complexity index is 675. The zero-order valence-electron chi connectivity index (χ0n) is 14.2. The number of hydrogen-bond acceptors (Lipinski definition) is 8. The van der Waals surface area contributed by atoms with E-state index in [0.29, 0.717) is 13.2 Å². The highest BCUT2D eigenvalue weighted by atomic mass is 32.1. The molecule has 2 saturated heterocycles. The van der Waals surface area contributed by atoms with E-state index in [2.05, 4.69) is 20.0 Å². The van der Waals surface area contributed by atoms with Crippen molar-refractivity contribution in [2.75, 3.05) is 13.2 Å². The van der Waals surface area contributed by atoms with E-state index >= 15 is 0 Å². The van der Waals surface area contributed by atoms with Crippen LogP contribution in [0, 0.1) is 0 Å². The number of nitrogens with zero attached hydrogens (tertiary/aromatic N) is 5. The van der Waals surface area contributed by atoms with E-state index in [-0.39, 0.29) is 24.4 Å². The number of azide groups is 1. The first kappa shape index (κ1) is 19.2. The van der Waals surface area contributed by atoms with E-state index in [1.807, 2.05) is 10.8 Å². The van der Waals surface area contributed by atoms with Gasteiger partial charge in [-0.05, 0) is 31.2 Å². The van der Waals surface area contributed by atoms with Gasteiger partial charge in [0.2, 0.25) is 0 Å². The Balaban J connectivity index is 0.000000152. The maximum absolute atomic E-state index is 9.18. The van der Waals surface area contributed by atoms with Gasteiger partial charge < -0.3 is 14.6 Å². The molecule has 0 saturated carbocycles. The SMILES string of the molecule is OC1CCC(c2nccs2)OC1.[N-]=[N+]=NC1CCC(c2nccs2)OC1. The number of hydrogen-bond donors (Lipinski definition) is 1. The highest BCUT2D eigenvalue weighted by Gasteiger charge is 2.24. The van der Waals surface area contributed by atoms with Crippen LogP contribution < -0.4 is 0 Å². The second-order valence-electron chi connectivity index (χ2n) is 6.05. The summed E-state index contributed by atoms with van der Waals surface area (Å²) < 4.78 is 11.0. The molecule has 10 heteroatoms. The number of aliphatic hydroxyl groups excluding tert-OH is 1. The summed E-state index contributed by atoms with van der Waals surface area (Å²) in [6, 6.07) is -0.00351. The summed E-state index contributed by atoms with van der Waals surface area (Å²) in [7, 11) is 0. The Labute approximate surface area is 159 Å². The third-order valence-electron chi connectivity index (χ3n) is 4.17. The number of rotatable bonds is 3. The quantitative estimate of drug-likeness (QED) is 0.479. The smallest absolute Gasteiger partial charge is 0.121 e. The fourth-order valence-electron chi connectivity index (χ4n) is 2.82. The third-order valence-corrected chi connectivity index (χ3v) is 5.91. The minimum Gasteiger partial charge on any atom is -0.391 e. The van der Waals surface area contributed by atoms with Crippen LogP contribution in [0.5, 0.6) is 0 Å². The van der Waals surface area contributed by atoms with Crippen molar-refractivity contribution >= 4 is 22.7 Å². The normalized spacial score (nSPS) is 28.5. The second kappa shape index (κ2) is 9.96. The first-order valence-electron chi connectivity index (χ1n) is 8.50. The molecule has 2 aromatic rings. The molecule has 1 N–H and O–H groups in total. The standard InChI is InChI=1S/C8H10N4OS.C8H11NO2S/c9-12-11-6-1-2-7(13-5-6)8-10-3-4-14-8;10-6-1-2-7(11-5-6)8-9-3-4-12-8/h3-4,6-7H,1-2,5H2;3-4,6-7,10H,1-2,5H2. The molecule has 4 rings (SSSR count). The van der Waals surface area contributed by atoms with Gasteiger partial charge in [0.15, 0.2) is 0 Å². The van der Waals surface area contributed by atoms with E-state index < -0.39 is 0 Å². The molecule has 4 atom stereocenters. The van der Waals surface area contributed by atoms with E-state index in [4.69, 9.17) is 15.0 Å². The molecular formula is C16H21N5O3S2. The van der Waals surface area contributed by atoms with E-state index in [9.17, 15) is 5.11 Å².